The molecule has 2 aromatic carbocycles. The highest BCUT2D eigenvalue weighted by Crippen LogP contribution is 2.38. The summed E-state index contributed by atoms with van der Waals surface area (Å²) in [6.07, 6.45) is 2.46. The van der Waals surface area contributed by atoms with Gasteiger partial charge in [-0.05, 0) is 50.2 Å². The third-order valence-electron chi connectivity index (χ3n) is 5.24. The Morgan fingerprint density at radius 3 is 2.65 bits per heavy atom. The number of rotatable bonds is 6. The molecular weight excluding hydrogens is 471 g/mol. The monoisotopic (exact) mass is 492 g/mol. The van der Waals surface area contributed by atoms with Gasteiger partial charge in [0, 0.05) is 15.9 Å². The largest absolute Gasteiger partial charge is 0.493 e. The smallest absolute Gasteiger partial charge is 0.325 e. The maximum atomic E-state index is 14.3. The van der Waals surface area contributed by atoms with Gasteiger partial charge in [-0.25, -0.2) is 14.4 Å². The highest BCUT2D eigenvalue weighted by atomic mass is 79.9. The minimum Gasteiger partial charge on any atom is -0.493 e. The number of fused-ring (bicyclic) bond motifs is 1. The molecule has 0 aliphatic carbocycles. The third-order valence-corrected chi connectivity index (χ3v) is 5.73. The average molecular weight is 493 g/mol. The Bertz CT molecular complexity index is 1090. The summed E-state index contributed by atoms with van der Waals surface area (Å²) in [5, 5.41) is 27.8. The fourth-order valence-electron chi connectivity index (χ4n) is 3.56. The summed E-state index contributed by atoms with van der Waals surface area (Å²) < 4.78 is 25.9. The van der Waals surface area contributed by atoms with Gasteiger partial charge in [-0.15, -0.1) is 0 Å². The molecule has 4 N–H and O–H groups in total. The number of methoxy groups -OCH3 is 1. The molecule has 164 valence electrons. The van der Waals surface area contributed by atoms with Crippen LogP contribution in [0.1, 0.15) is 12.8 Å². The van der Waals surface area contributed by atoms with Crippen LogP contribution in [0.25, 0.3) is 10.9 Å². The molecule has 0 spiro atoms. The van der Waals surface area contributed by atoms with Crippen LogP contribution in [0.5, 0.6) is 11.5 Å². The standard InChI is InChI=1S/C21H22BrFN4O4/c1-30-18-9-14-17(10-19(18)31-21(28,29)12-4-6-24-7-5-12)25-11-26-20(14)27-16-3-2-13(22)8-15(16)23/h2-3,8-12,24,28-29H,4-7H2,1H3,(H,25,26,27). The van der Waals surface area contributed by atoms with Crippen LogP contribution in [-0.4, -0.2) is 46.4 Å². The molecule has 3 aromatic rings. The first-order valence-corrected chi connectivity index (χ1v) is 10.6. The minimum atomic E-state index is -2.35. The van der Waals surface area contributed by atoms with Crippen LogP contribution in [0, 0.1) is 11.7 Å². The molecule has 0 atom stereocenters. The van der Waals surface area contributed by atoms with E-state index >= 15 is 0 Å². The lowest BCUT2D eigenvalue weighted by Crippen LogP contribution is -2.48. The van der Waals surface area contributed by atoms with Crippen LogP contribution < -0.4 is 20.1 Å². The van der Waals surface area contributed by atoms with Gasteiger partial charge in [-0.2, -0.15) is 0 Å². The van der Waals surface area contributed by atoms with Crippen LogP contribution in [-0.2, 0) is 0 Å². The maximum Gasteiger partial charge on any atom is 0.325 e. The fourth-order valence-corrected chi connectivity index (χ4v) is 3.90. The number of aliphatic hydroxyl groups is 2. The summed E-state index contributed by atoms with van der Waals surface area (Å²) in [6, 6.07) is 7.81. The van der Waals surface area contributed by atoms with E-state index in [0.717, 1.165) is 0 Å². The van der Waals surface area contributed by atoms with Gasteiger partial charge in [-0.1, -0.05) is 15.9 Å². The lowest BCUT2D eigenvalue weighted by molar-refractivity contribution is -0.326. The number of benzene rings is 2. The molecule has 1 aliphatic rings. The Kier molecular flexibility index (Phi) is 6.24. The number of aromatic nitrogens is 2. The van der Waals surface area contributed by atoms with Crippen LogP contribution in [0.3, 0.4) is 0 Å². The number of nitrogens with zero attached hydrogens (tertiary/aromatic N) is 2. The first-order valence-electron chi connectivity index (χ1n) is 9.76. The van der Waals surface area contributed by atoms with Crippen molar-refractivity contribution in [1.82, 2.24) is 15.3 Å². The van der Waals surface area contributed by atoms with Crippen LogP contribution in [0.15, 0.2) is 41.1 Å². The molecule has 10 heteroatoms. The third kappa shape index (κ3) is 4.72. The van der Waals surface area contributed by atoms with E-state index < -0.39 is 17.7 Å². The summed E-state index contributed by atoms with van der Waals surface area (Å²) in [4.78, 5) is 8.45. The SMILES string of the molecule is COc1cc2c(Nc3ccc(Br)cc3F)ncnc2cc1OC(O)(O)C1CCNCC1. The van der Waals surface area contributed by atoms with Crippen LogP contribution in [0.2, 0.25) is 0 Å². The molecule has 1 aromatic heterocycles. The molecule has 1 saturated heterocycles. The predicted octanol–water partition coefficient (Wildman–Crippen LogP) is 3.30. The van der Waals surface area contributed by atoms with E-state index in [0.29, 0.717) is 47.1 Å². The first kappa shape index (κ1) is 21.7. The second-order valence-electron chi connectivity index (χ2n) is 7.28. The summed E-state index contributed by atoms with van der Waals surface area (Å²) in [6.45, 7) is 1.36. The average Bonchev–Trinajstić information content (AvgIpc) is 2.76. The number of hydrogen-bond acceptors (Lipinski definition) is 8. The van der Waals surface area contributed by atoms with Gasteiger partial charge in [0.2, 0.25) is 0 Å². The van der Waals surface area contributed by atoms with Crippen molar-refractivity contribution >= 4 is 38.3 Å². The first-order chi connectivity index (χ1) is 14.9. The lowest BCUT2D eigenvalue weighted by Gasteiger charge is -2.34. The molecule has 0 saturated carbocycles. The van der Waals surface area contributed by atoms with E-state index in [9.17, 15) is 14.6 Å². The van der Waals surface area contributed by atoms with E-state index in [2.05, 4.69) is 36.5 Å². The van der Waals surface area contributed by atoms with Gasteiger partial charge >= 0.3 is 5.97 Å². The number of ether oxygens (including phenoxy) is 2. The van der Waals surface area contributed by atoms with Gasteiger partial charge < -0.3 is 30.3 Å². The van der Waals surface area contributed by atoms with Crippen molar-refractivity contribution in [3.05, 3.63) is 46.9 Å². The van der Waals surface area contributed by atoms with Crippen molar-refractivity contribution in [2.24, 2.45) is 5.92 Å². The molecule has 4 rings (SSSR count). The number of anilines is 2. The maximum absolute atomic E-state index is 14.3. The fraction of sp³-hybridized carbons (Fsp3) is 0.333. The highest BCUT2D eigenvalue weighted by Gasteiger charge is 2.38. The Labute approximate surface area is 186 Å². The van der Waals surface area contributed by atoms with E-state index in [1.165, 1.54) is 19.5 Å². The molecular formula is C21H22BrFN4O4. The summed E-state index contributed by atoms with van der Waals surface area (Å²) in [7, 11) is 1.44. The summed E-state index contributed by atoms with van der Waals surface area (Å²) in [5.74, 6) is -2.47. The topological polar surface area (TPSA) is 109 Å². The van der Waals surface area contributed by atoms with Crippen LogP contribution in [0.4, 0.5) is 15.9 Å². The number of halogens is 2. The molecule has 0 bridgehead atoms. The van der Waals surface area contributed by atoms with E-state index in [1.807, 2.05) is 0 Å². The Morgan fingerprint density at radius 2 is 1.94 bits per heavy atom. The van der Waals surface area contributed by atoms with Gasteiger partial charge in [0.25, 0.3) is 0 Å². The normalized spacial score (nSPS) is 15.1. The molecule has 31 heavy (non-hydrogen) atoms. The highest BCUT2D eigenvalue weighted by molar-refractivity contribution is 9.10. The molecule has 2 heterocycles. The zero-order valence-corrected chi connectivity index (χ0v) is 18.3. The summed E-state index contributed by atoms with van der Waals surface area (Å²) in [5.41, 5.74) is 0.713. The second kappa shape index (κ2) is 8.91. The summed E-state index contributed by atoms with van der Waals surface area (Å²) >= 11 is 3.23. The van der Waals surface area contributed by atoms with Crippen molar-refractivity contribution in [3.8, 4) is 11.5 Å². The van der Waals surface area contributed by atoms with Crippen molar-refractivity contribution in [1.29, 1.82) is 0 Å². The molecule has 0 amide bonds. The second-order valence-corrected chi connectivity index (χ2v) is 8.19. The minimum absolute atomic E-state index is 0.137. The van der Waals surface area contributed by atoms with Crippen LogP contribution >= 0.6 is 15.9 Å². The zero-order chi connectivity index (χ0) is 22.0. The van der Waals surface area contributed by atoms with Crippen molar-refractivity contribution < 1.29 is 24.1 Å². The number of piperidine rings is 1. The van der Waals surface area contributed by atoms with Gasteiger partial charge in [0.15, 0.2) is 11.5 Å². The van der Waals surface area contributed by atoms with Gasteiger partial charge in [0.05, 0.1) is 24.2 Å². The number of nitrogens with one attached hydrogen (secondary N) is 2. The molecule has 1 aliphatic heterocycles. The van der Waals surface area contributed by atoms with Crippen molar-refractivity contribution in [2.45, 2.75) is 18.8 Å². The molecule has 8 nitrogen and oxygen atoms in total. The Hall–Kier alpha value is -2.53. The Balaban J connectivity index is 1.68. The predicted molar refractivity (Wildman–Crippen MR) is 117 cm³/mol. The quantitative estimate of drug-likeness (QED) is 0.388. The Morgan fingerprint density at radius 1 is 1.16 bits per heavy atom. The molecule has 1 fully saturated rings. The van der Waals surface area contributed by atoms with Crippen molar-refractivity contribution in [2.75, 3.05) is 25.5 Å². The lowest BCUT2D eigenvalue weighted by atomic mass is 9.95. The molecule has 0 radical (unpaired) electrons. The van der Waals surface area contributed by atoms with Gasteiger partial charge in [-0.3, -0.25) is 0 Å². The number of hydrogen-bond donors (Lipinski definition) is 4. The van der Waals surface area contributed by atoms with Crippen molar-refractivity contribution in [3.63, 3.8) is 0 Å². The zero-order valence-electron chi connectivity index (χ0n) is 16.7. The molecule has 0 unspecified atom stereocenters. The van der Waals surface area contributed by atoms with E-state index in [4.69, 9.17) is 9.47 Å². The van der Waals surface area contributed by atoms with Gasteiger partial charge in [0.1, 0.15) is 18.0 Å². The van der Waals surface area contributed by atoms with E-state index in [1.54, 1.807) is 24.3 Å². The van der Waals surface area contributed by atoms with E-state index in [-0.39, 0.29) is 17.2 Å².